The number of anilines is 1. The smallest absolute Gasteiger partial charge is 0.131 e. The summed E-state index contributed by atoms with van der Waals surface area (Å²) >= 11 is 12.0. The lowest BCUT2D eigenvalue weighted by Crippen LogP contribution is -2.09. The fraction of sp³-hybridized carbons (Fsp3) is 0.400. The second-order valence-electron chi connectivity index (χ2n) is 5.10. The summed E-state index contributed by atoms with van der Waals surface area (Å²) in [6, 6.07) is 5.75. The molecule has 108 valence electrons. The summed E-state index contributed by atoms with van der Waals surface area (Å²) in [5.41, 5.74) is 7.96. The molecule has 0 aliphatic rings. The highest BCUT2D eigenvalue weighted by molar-refractivity contribution is 6.42. The summed E-state index contributed by atoms with van der Waals surface area (Å²) in [7, 11) is 0. The number of aryl methyl sites for hydroxylation is 1. The molecule has 0 unspecified atom stereocenters. The number of nitrogens with zero attached hydrogens (tertiary/aromatic N) is 2. The predicted octanol–water partition coefficient (Wildman–Crippen LogP) is 4.97. The molecule has 2 aromatic rings. The molecule has 0 saturated carbocycles. The largest absolute Gasteiger partial charge is 0.383 e. The second-order valence-corrected chi connectivity index (χ2v) is 5.92. The van der Waals surface area contributed by atoms with Gasteiger partial charge in [-0.05, 0) is 32.4 Å². The van der Waals surface area contributed by atoms with Crippen LogP contribution >= 0.6 is 23.2 Å². The van der Waals surface area contributed by atoms with E-state index in [-0.39, 0.29) is 6.04 Å². The summed E-state index contributed by atoms with van der Waals surface area (Å²) < 4.78 is 2.08. The van der Waals surface area contributed by atoms with Crippen molar-refractivity contribution in [2.45, 2.75) is 39.7 Å². The van der Waals surface area contributed by atoms with Gasteiger partial charge in [0.1, 0.15) is 17.3 Å². The van der Waals surface area contributed by atoms with E-state index in [1.165, 1.54) is 0 Å². The molecule has 0 fully saturated rings. The minimum Gasteiger partial charge on any atom is -0.383 e. The second kappa shape index (κ2) is 6.06. The van der Waals surface area contributed by atoms with Gasteiger partial charge in [-0.3, -0.25) is 0 Å². The van der Waals surface area contributed by atoms with Crippen LogP contribution in [0.25, 0.3) is 11.3 Å². The van der Waals surface area contributed by atoms with E-state index in [2.05, 4.69) is 25.3 Å². The SMILES string of the molecule is CCCc1nc(-c2ccc(Cl)c(Cl)c2)c(N)n1C(C)C. The van der Waals surface area contributed by atoms with E-state index in [0.29, 0.717) is 15.9 Å². The number of imidazole rings is 1. The van der Waals surface area contributed by atoms with Gasteiger partial charge < -0.3 is 10.3 Å². The lowest BCUT2D eigenvalue weighted by Gasteiger charge is -2.13. The van der Waals surface area contributed by atoms with Gasteiger partial charge in [0.25, 0.3) is 0 Å². The van der Waals surface area contributed by atoms with Crippen LogP contribution in [0.15, 0.2) is 18.2 Å². The first-order chi connectivity index (χ1) is 9.45. The van der Waals surface area contributed by atoms with Gasteiger partial charge in [-0.1, -0.05) is 36.2 Å². The topological polar surface area (TPSA) is 43.8 Å². The Hall–Kier alpha value is -1.19. The average Bonchev–Trinajstić information content (AvgIpc) is 2.70. The first-order valence-electron chi connectivity index (χ1n) is 6.77. The molecule has 5 heteroatoms. The Kier molecular flexibility index (Phi) is 4.61. The van der Waals surface area contributed by atoms with Crippen LogP contribution in [0.4, 0.5) is 5.82 Å². The van der Waals surface area contributed by atoms with Crippen LogP contribution in [-0.2, 0) is 6.42 Å². The highest BCUT2D eigenvalue weighted by Crippen LogP contribution is 2.33. The normalized spacial score (nSPS) is 11.3. The van der Waals surface area contributed by atoms with Crippen molar-refractivity contribution in [1.29, 1.82) is 0 Å². The minimum absolute atomic E-state index is 0.278. The molecule has 0 spiro atoms. The average molecular weight is 312 g/mol. The molecule has 20 heavy (non-hydrogen) atoms. The molecular formula is C15H19Cl2N3. The van der Waals surface area contributed by atoms with E-state index in [9.17, 15) is 0 Å². The first kappa shape index (κ1) is 15.2. The van der Waals surface area contributed by atoms with Crippen molar-refractivity contribution < 1.29 is 0 Å². The third kappa shape index (κ3) is 2.79. The molecule has 2 rings (SSSR count). The van der Waals surface area contributed by atoms with Gasteiger partial charge in [-0.2, -0.15) is 0 Å². The number of aromatic nitrogens is 2. The zero-order chi connectivity index (χ0) is 14.9. The molecule has 0 amide bonds. The summed E-state index contributed by atoms with van der Waals surface area (Å²) in [6.07, 6.45) is 1.94. The number of benzene rings is 1. The van der Waals surface area contributed by atoms with Crippen LogP contribution in [-0.4, -0.2) is 9.55 Å². The van der Waals surface area contributed by atoms with Gasteiger partial charge in [0.2, 0.25) is 0 Å². The third-order valence-electron chi connectivity index (χ3n) is 3.20. The third-order valence-corrected chi connectivity index (χ3v) is 3.94. The molecular weight excluding hydrogens is 293 g/mol. The van der Waals surface area contributed by atoms with Crippen molar-refractivity contribution in [3.05, 3.63) is 34.1 Å². The zero-order valence-corrected chi connectivity index (χ0v) is 13.5. The van der Waals surface area contributed by atoms with E-state index in [4.69, 9.17) is 33.9 Å². The van der Waals surface area contributed by atoms with Gasteiger partial charge in [0.15, 0.2) is 0 Å². The van der Waals surface area contributed by atoms with Crippen molar-refractivity contribution in [3.8, 4) is 11.3 Å². The van der Waals surface area contributed by atoms with Crippen molar-refractivity contribution in [1.82, 2.24) is 9.55 Å². The number of halogens is 2. The highest BCUT2D eigenvalue weighted by atomic mass is 35.5. The van der Waals surface area contributed by atoms with Crippen LogP contribution < -0.4 is 5.73 Å². The van der Waals surface area contributed by atoms with Crippen molar-refractivity contribution >= 4 is 29.0 Å². The zero-order valence-electron chi connectivity index (χ0n) is 12.0. The molecule has 1 heterocycles. The Morgan fingerprint density at radius 2 is 1.95 bits per heavy atom. The van der Waals surface area contributed by atoms with E-state index >= 15 is 0 Å². The highest BCUT2D eigenvalue weighted by Gasteiger charge is 2.18. The Labute approximate surface area is 129 Å². The van der Waals surface area contributed by atoms with E-state index < -0.39 is 0 Å². The first-order valence-corrected chi connectivity index (χ1v) is 7.53. The molecule has 0 radical (unpaired) electrons. The van der Waals surface area contributed by atoms with Crippen LogP contribution in [0.1, 0.15) is 39.1 Å². The predicted molar refractivity (Wildman–Crippen MR) is 86.5 cm³/mol. The molecule has 2 N–H and O–H groups in total. The lowest BCUT2D eigenvalue weighted by atomic mass is 10.1. The number of hydrogen-bond donors (Lipinski definition) is 1. The minimum atomic E-state index is 0.278. The Morgan fingerprint density at radius 1 is 1.25 bits per heavy atom. The Bertz CT molecular complexity index is 618. The molecule has 3 nitrogen and oxygen atoms in total. The maximum atomic E-state index is 6.28. The standard InChI is InChI=1S/C15H19Cl2N3/c1-4-5-13-19-14(15(18)20(13)9(2)3)10-6-7-11(16)12(17)8-10/h6-9H,4-5,18H2,1-3H3. The molecule has 0 aliphatic carbocycles. The fourth-order valence-corrected chi connectivity index (χ4v) is 2.62. The van der Waals surface area contributed by atoms with Gasteiger partial charge in [-0.15, -0.1) is 0 Å². The monoisotopic (exact) mass is 311 g/mol. The maximum Gasteiger partial charge on any atom is 0.131 e. The number of nitrogen functional groups attached to an aromatic ring is 1. The van der Waals surface area contributed by atoms with Gasteiger partial charge in [-0.25, -0.2) is 4.98 Å². The van der Waals surface area contributed by atoms with Gasteiger partial charge in [0.05, 0.1) is 10.0 Å². The van der Waals surface area contributed by atoms with Crippen LogP contribution in [0.3, 0.4) is 0 Å². The number of rotatable bonds is 4. The molecule has 0 atom stereocenters. The van der Waals surface area contributed by atoms with Gasteiger partial charge >= 0.3 is 0 Å². The Balaban J connectivity index is 2.56. The van der Waals surface area contributed by atoms with E-state index in [0.717, 1.165) is 29.9 Å². The van der Waals surface area contributed by atoms with Crippen molar-refractivity contribution in [3.63, 3.8) is 0 Å². The lowest BCUT2D eigenvalue weighted by molar-refractivity contribution is 0.571. The maximum absolute atomic E-state index is 6.28. The summed E-state index contributed by atoms with van der Waals surface area (Å²) in [4.78, 5) is 4.70. The summed E-state index contributed by atoms with van der Waals surface area (Å²) in [5.74, 6) is 1.70. The van der Waals surface area contributed by atoms with Crippen LogP contribution in [0, 0.1) is 0 Å². The van der Waals surface area contributed by atoms with E-state index in [1.54, 1.807) is 6.07 Å². The van der Waals surface area contributed by atoms with Crippen molar-refractivity contribution in [2.75, 3.05) is 5.73 Å². The number of hydrogen-bond acceptors (Lipinski definition) is 2. The summed E-state index contributed by atoms with van der Waals surface area (Å²) in [5, 5.41) is 1.05. The quantitative estimate of drug-likeness (QED) is 0.866. The molecule has 0 saturated heterocycles. The van der Waals surface area contributed by atoms with Crippen molar-refractivity contribution in [2.24, 2.45) is 0 Å². The molecule has 0 aliphatic heterocycles. The van der Waals surface area contributed by atoms with E-state index in [1.807, 2.05) is 12.1 Å². The fourth-order valence-electron chi connectivity index (χ4n) is 2.33. The van der Waals surface area contributed by atoms with Gasteiger partial charge in [0, 0.05) is 18.0 Å². The number of nitrogens with two attached hydrogens (primary N) is 1. The molecule has 1 aromatic carbocycles. The molecule has 0 bridgehead atoms. The molecule has 1 aromatic heterocycles. The van der Waals surface area contributed by atoms with Crippen LogP contribution in [0.2, 0.25) is 10.0 Å². The van der Waals surface area contributed by atoms with Crippen LogP contribution in [0.5, 0.6) is 0 Å². The summed E-state index contributed by atoms with van der Waals surface area (Å²) in [6.45, 7) is 6.35. The Morgan fingerprint density at radius 3 is 2.50 bits per heavy atom.